The molecule has 0 bridgehead atoms. The molecule has 0 amide bonds. The van der Waals surface area contributed by atoms with Crippen molar-refractivity contribution < 1.29 is 63.2 Å². The van der Waals surface area contributed by atoms with Crippen LogP contribution in [0.4, 0.5) is 0 Å². The second-order valence-electron chi connectivity index (χ2n) is 12.0. The number of methoxy groups -OCH3 is 2. The average Bonchev–Trinajstić information content (AvgIpc) is 3.40. The van der Waals surface area contributed by atoms with Crippen LogP contribution in [0.2, 0.25) is 0 Å². The van der Waals surface area contributed by atoms with Gasteiger partial charge in [-0.2, -0.15) is 0 Å². The number of aliphatic carboxylic acids is 1. The summed E-state index contributed by atoms with van der Waals surface area (Å²) in [6.45, 7) is 2.75. The molecule has 9 atom stereocenters. The first-order valence-electron chi connectivity index (χ1n) is 14.7. The topological polar surface area (TPSA) is 191 Å². The Kier molecular flexibility index (Phi) is 7.16. The van der Waals surface area contributed by atoms with Crippen LogP contribution in [0.5, 0.6) is 11.5 Å². The van der Waals surface area contributed by atoms with E-state index in [-0.39, 0.29) is 40.8 Å². The molecule has 4 fully saturated rings. The van der Waals surface area contributed by atoms with Gasteiger partial charge in [0.15, 0.2) is 24.6 Å². The van der Waals surface area contributed by atoms with Crippen molar-refractivity contribution >= 4 is 34.1 Å². The Hall–Kier alpha value is -3.63. The number of phenolic OH excluding ortho intramolecular Hbond substituents is 1. The van der Waals surface area contributed by atoms with Crippen molar-refractivity contribution in [2.75, 3.05) is 27.4 Å². The van der Waals surface area contributed by atoms with Crippen molar-refractivity contribution in [2.24, 2.45) is 5.92 Å². The summed E-state index contributed by atoms with van der Waals surface area (Å²) in [5.74, 6) is -6.43. The number of carboxylic acid groups (broad SMARTS) is 1. The maximum Gasteiger partial charge on any atom is 0.344 e. The molecule has 2 aromatic rings. The Bertz CT molecular complexity index is 1640. The fourth-order valence-corrected chi connectivity index (χ4v) is 7.53. The number of carbonyl (C=O) groups excluding carboxylic acids is 2. The minimum Gasteiger partial charge on any atom is -0.507 e. The molecule has 14 nitrogen and oxygen atoms in total. The highest BCUT2D eigenvalue weighted by atomic mass is 16.7. The number of phenols is 1. The van der Waals surface area contributed by atoms with Crippen LogP contribution in [0.15, 0.2) is 29.8 Å². The third-order valence-corrected chi connectivity index (χ3v) is 9.63. The van der Waals surface area contributed by atoms with Gasteiger partial charge in [0.1, 0.15) is 23.4 Å². The Morgan fingerprint density at radius 2 is 1.93 bits per heavy atom. The number of fused-ring (bicyclic) bond motifs is 6. The Balaban J connectivity index is 1.28. The molecule has 3 aliphatic heterocycles. The summed E-state index contributed by atoms with van der Waals surface area (Å²) in [5.41, 5.74) is -4.04. The van der Waals surface area contributed by atoms with E-state index in [1.807, 2.05) is 0 Å². The third kappa shape index (κ3) is 4.31. The maximum absolute atomic E-state index is 14.2. The van der Waals surface area contributed by atoms with Crippen LogP contribution < -0.4 is 4.74 Å². The monoisotopic (exact) mass is 627 g/mol. The first-order chi connectivity index (χ1) is 21.5. The standard InChI is InChI=1S/C31H33NO13/c1-12-26-15(32-7-8-42-29(41-3)28(32)45-26)10-18(43-12)44-17-11-31(39,30(37)38)27(36)22-21(17)25(35)20-14(23(22)33)9-13-5-4-6-16(40-2)19(13)24(20)34/h4-6,9,12,15,17-18,21,26,28-29,33-34,39H,7-8,10-11H2,1-3H3,(H,37,38)/t12-,15-,17-,18-,21?,26+,28+,29-,31-/m0/s1. The van der Waals surface area contributed by atoms with Gasteiger partial charge in [-0.3, -0.25) is 14.5 Å². The molecule has 0 radical (unpaired) electrons. The first kappa shape index (κ1) is 30.0. The number of rotatable bonds is 5. The van der Waals surface area contributed by atoms with Crippen LogP contribution in [0.1, 0.15) is 35.7 Å². The highest BCUT2D eigenvalue weighted by Gasteiger charge is 2.61. The van der Waals surface area contributed by atoms with Gasteiger partial charge in [-0.1, -0.05) is 12.1 Å². The molecule has 2 aliphatic carbocycles. The van der Waals surface area contributed by atoms with Gasteiger partial charge >= 0.3 is 5.97 Å². The normalized spacial score (nSPS) is 36.4. The predicted octanol–water partition coefficient (Wildman–Crippen LogP) is 1.34. The molecule has 240 valence electrons. The quantitative estimate of drug-likeness (QED) is 0.347. The summed E-state index contributed by atoms with van der Waals surface area (Å²) in [4.78, 5) is 42.2. The molecule has 45 heavy (non-hydrogen) atoms. The molecule has 3 saturated heterocycles. The van der Waals surface area contributed by atoms with Gasteiger partial charge in [0.2, 0.25) is 11.4 Å². The lowest BCUT2D eigenvalue weighted by Crippen LogP contribution is -2.60. The van der Waals surface area contributed by atoms with Crippen LogP contribution in [-0.4, -0.2) is 119 Å². The zero-order chi connectivity index (χ0) is 31.9. The molecular weight excluding hydrogens is 594 g/mol. The van der Waals surface area contributed by atoms with Crippen LogP contribution >= 0.6 is 0 Å². The number of aliphatic hydroxyl groups excluding tert-OH is 1. The van der Waals surface area contributed by atoms with Gasteiger partial charge in [0.25, 0.3) is 0 Å². The summed E-state index contributed by atoms with van der Waals surface area (Å²) >= 11 is 0. The third-order valence-electron chi connectivity index (χ3n) is 9.63. The lowest BCUT2D eigenvalue weighted by molar-refractivity contribution is -0.257. The number of nitrogens with zero attached hydrogens (tertiary/aromatic N) is 1. The molecule has 3 heterocycles. The van der Waals surface area contributed by atoms with E-state index in [9.17, 15) is 34.8 Å². The molecule has 4 N–H and O–H groups in total. The van der Waals surface area contributed by atoms with Crippen LogP contribution in [-0.2, 0) is 33.3 Å². The number of hydrogen-bond donors (Lipinski definition) is 4. The van der Waals surface area contributed by atoms with Crippen molar-refractivity contribution in [2.45, 2.75) is 68.5 Å². The lowest BCUT2D eigenvalue weighted by atomic mass is 9.66. The number of aromatic hydroxyl groups is 1. The number of benzene rings is 2. The van der Waals surface area contributed by atoms with Crippen molar-refractivity contribution in [1.29, 1.82) is 0 Å². The zero-order valence-electron chi connectivity index (χ0n) is 24.7. The first-order valence-corrected chi connectivity index (χ1v) is 14.7. The summed E-state index contributed by atoms with van der Waals surface area (Å²) in [5, 5.41) is 44.6. The van der Waals surface area contributed by atoms with Gasteiger partial charge in [0, 0.05) is 38.1 Å². The average molecular weight is 628 g/mol. The molecule has 7 rings (SSSR count). The number of carboxylic acids is 1. The number of ketones is 2. The SMILES string of the molecule is COc1cccc2cc3c(c(O)c12)C(=O)C1C(=C3O)C(=O)[C@](O)(C(=O)O)C[C@@H]1O[C@H]1C[C@H]2[C@H](O[C@@H]3[C@@H](OC)OCCN32)[C@H](C)O1. The number of morpholine rings is 1. The van der Waals surface area contributed by atoms with Crippen LogP contribution in [0.25, 0.3) is 16.5 Å². The van der Waals surface area contributed by atoms with Gasteiger partial charge in [-0.15, -0.1) is 0 Å². The molecule has 14 heteroatoms. The van der Waals surface area contributed by atoms with Crippen molar-refractivity contribution in [3.63, 3.8) is 0 Å². The molecule has 1 unspecified atom stereocenters. The number of hydrogen-bond acceptors (Lipinski definition) is 13. The highest BCUT2D eigenvalue weighted by Crippen LogP contribution is 2.50. The van der Waals surface area contributed by atoms with E-state index < -0.39 is 83.6 Å². The zero-order valence-corrected chi connectivity index (χ0v) is 24.7. The van der Waals surface area contributed by atoms with E-state index in [2.05, 4.69) is 4.90 Å². The highest BCUT2D eigenvalue weighted by molar-refractivity contribution is 6.25. The van der Waals surface area contributed by atoms with E-state index in [1.54, 1.807) is 25.1 Å². The summed E-state index contributed by atoms with van der Waals surface area (Å²) < 4.78 is 35.2. The Morgan fingerprint density at radius 1 is 1.16 bits per heavy atom. The van der Waals surface area contributed by atoms with Gasteiger partial charge in [-0.25, -0.2) is 4.79 Å². The van der Waals surface area contributed by atoms with Gasteiger partial charge < -0.3 is 48.8 Å². The molecule has 2 aromatic carbocycles. The van der Waals surface area contributed by atoms with E-state index >= 15 is 0 Å². The summed E-state index contributed by atoms with van der Waals surface area (Å²) in [7, 11) is 2.93. The largest absolute Gasteiger partial charge is 0.507 e. The maximum atomic E-state index is 14.2. The van der Waals surface area contributed by atoms with E-state index in [0.717, 1.165) is 0 Å². The number of carbonyl (C=O) groups is 3. The van der Waals surface area contributed by atoms with Crippen molar-refractivity contribution in [1.82, 2.24) is 4.90 Å². The molecule has 0 spiro atoms. The van der Waals surface area contributed by atoms with Crippen LogP contribution in [0.3, 0.4) is 0 Å². The lowest BCUT2D eigenvalue weighted by Gasteiger charge is -2.44. The molecule has 5 aliphatic rings. The fraction of sp³-hybridized carbons (Fsp3) is 0.516. The van der Waals surface area contributed by atoms with Crippen molar-refractivity contribution in [3.05, 3.63) is 41.0 Å². The minimum absolute atomic E-state index is 0.175. The smallest absolute Gasteiger partial charge is 0.344 e. The number of aliphatic hydroxyl groups is 2. The molecule has 0 aromatic heterocycles. The van der Waals surface area contributed by atoms with E-state index in [4.69, 9.17) is 28.4 Å². The predicted molar refractivity (Wildman–Crippen MR) is 151 cm³/mol. The van der Waals surface area contributed by atoms with Crippen LogP contribution in [0, 0.1) is 5.92 Å². The number of Topliss-reactive ketones (excluding diaryl/α,β-unsaturated/α-hetero) is 2. The number of ether oxygens (including phenoxy) is 6. The molecule has 1 saturated carbocycles. The minimum atomic E-state index is -3.00. The van der Waals surface area contributed by atoms with Crippen molar-refractivity contribution in [3.8, 4) is 11.5 Å². The van der Waals surface area contributed by atoms with E-state index in [1.165, 1.54) is 20.3 Å². The summed E-state index contributed by atoms with van der Waals surface area (Å²) in [6, 6.07) is 6.05. The summed E-state index contributed by atoms with van der Waals surface area (Å²) in [6.07, 6.45) is -4.95. The van der Waals surface area contributed by atoms with Gasteiger partial charge in [-0.05, 0) is 24.4 Å². The van der Waals surface area contributed by atoms with E-state index in [0.29, 0.717) is 18.5 Å². The van der Waals surface area contributed by atoms with Gasteiger partial charge in [0.05, 0.1) is 48.4 Å². The Labute approximate surface area is 256 Å². The molecular formula is C31H33NO13. The Morgan fingerprint density at radius 3 is 2.64 bits per heavy atom. The second-order valence-corrected chi connectivity index (χ2v) is 12.0. The second kappa shape index (κ2) is 10.7. The fourth-order valence-electron chi connectivity index (χ4n) is 7.53.